The molecule has 0 aliphatic heterocycles. The molecule has 0 radical (unpaired) electrons. The molecule has 13 heteroatoms. The van der Waals surface area contributed by atoms with Gasteiger partial charge in [0.2, 0.25) is 17.5 Å². The van der Waals surface area contributed by atoms with Gasteiger partial charge >= 0.3 is 11.9 Å². The minimum absolute atomic E-state index is 0.132. The molecule has 0 bridgehead atoms. The van der Waals surface area contributed by atoms with E-state index in [4.69, 9.17) is 9.47 Å². The van der Waals surface area contributed by atoms with Gasteiger partial charge in [0.15, 0.2) is 15.4 Å². The summed E-state index contributed by atoms with van der Waals surface area (Å²) in [6.45, 7) is 6.35. The molecule has 4 aliphatic carbocycles. The molecule has 1 aromatic carbocycles. The number of nitrogens with one attached hydrogen (secondary N) is 3. The second-order valence-corrected chi connectivity index (χ2v) is 20.1. The van der Waals surface area contributed by atoms with Gasteiger partial charge in [-0.25, -0.2) is 18.2 Å². The molecule has 4 fully saturated rings. The fraction of sp³-hybridized carbons (Fsp3) is 0.683. The lowest BCUT2D eigenvalue weighted by Crippen LogP contribution is -2.73. The molecule has 1 heterocycles. The summed E-state index contributed by atoms with van der Waals surface area (Å²) in [4.78, 5) is 63.6. The lowest BCUT2D eigenvalue weighted by Gasteiger charge is -2.50. The van der Waals surface area contributed by atoms with Crippen LogP contribution in [0.4, 0.5) is 0 Å². The van der Waals surface area contributed by atoms with Crippen LogP contribution in [0.5, 0.6) is 0 Å². The van der Waals surface area contributed by atoms with Crippen LogP contribution in [-0.4, -0.2) is 69.5 Å². The number of hydrogen-bond acceptors (Lipinski definition) is 9. The van der Waals surface area contributed by atoms with E-state index in [-0.39, 0.29) is 43.4 Å². The van der Waals surface area contributed by atoms with Crippen molar-refractivity contribution in [1.29, 1.82) is 0 Å². The van der Waals surface area contributed by atoms with Crippen molar-refractivity contribution < 1.29 is 37.1 Å². The van der Waals surface area contributed by atoms with Crippen LogP contribution in [0.15, 0.2) is 42.9 Å². The van der Waals surface area contributed by atoms with E-state index in [1.165, 1.54) is 12.5 Å². The van der Waals surface area contributed by atoms with Crippen LogP contribution in [0.2, 0.25) is 0 Å². The second-order valence-electron chi connectivity index (χ2n) is 17.3. The summed E-state index contributed by atoms with van der Waals surface area (Å²) < 4.78 is 41.1. The Kier molecular flexibility index (Phi) is 11.7. The molecular formula is C41H58N4O8S. The van der Waals surface area contributed by atoms with Crippen LogP contribution in [0.25, 0.3) is 0 Å². The Hall–Kier alpha value is -3.74. The zero-order chi connectivity index (χ0) is 38.8. The first kappa shape index (κ1) is 39.9. The van der Waals surface area contributed by atoms with E-state index in [1.807, 2.05) is 30.3 Å². The number of nitrogens with zero attached hydrogens (tertiary/aromatic N) is 1. The smallest absolute Gasteiger partial charge is 0.334 e. The van der Waals surface area contributed by atoms with E-state index < -0.39 is 61.0 Å². The molecule has 0 spiro atoms. The van der Waals surface area contributed by atoms with Gasteiger partial charge in [-0.2, -0.15) is 0 Å². The van der Waals surface area contributed by atoms with Crippen molar-refractivity contribution in [1.82, 2.24) is 20.6 Å². The Morgan fingerprint density at radius 2 is 1.65 bits per heavy atom. The average Bonchev–Trinajstić information content (AvgIpc) is 4.03. The number of aromatic amines is 1. The van der Waals surface area contributed by atoms with Gasteiger partial charge in [-0.15, -0.1) is 0 Å². The number of imidazole rings is 1. The molecule has 4 saturated carbocycles. The SMILES string of the molecule is CC(C(=O)N[C@](CS(=O)(=O)C(C)(C)C)(OC(=O)C1(NC(=O)CCc2ccccc2)CC1)[C@@](CCC1CCCCC1)(OC(=O)C1CC1)C1CC1)c1cnc[nH]1. The van der Waals surface area contributed by atoms with Gasteiger partial charge in [-0.1, -0.05) is 62.4 Å². The van der Waals surface area contributed by atoms with Crippen molar-refractivity contribution >= 4 is 33.6 Å². The summed E-state index contributed by atoms with van der Waals surface area (Å²) in [5, 5.41) is 5.90. The normalized spacial score (nSPS) is 21.5. The van der Waals surface area contributed by atoms with Crippen molar-refractivity contribution in [2.45, 2.75) is 152 Å². The Morgan fingerprint density at radius 3 is 2.22 bits per heavy atom. The molecule has 54 heavy (non-hydrogen) atoms. The first-order valence-corrected chi connectivity index (χ1v) is 21.6. The van der Waals surface area contributed by atoms with Crippen molar-refractivity contribution in [3.8, 4) is 0 Å². The first-order chi connectivity index (χ1) is 25.6. The minimum Gasteiger partial charge on any atom is -0.452 e. The topological polar surface area (TPSA) is 174 Å². The number of aryl methyl sites for hydroxylation is 1. The standard InChI is InChI=1S/C41H58N4O8S/c1-28(33-25-42-27-43-33)35(47)45-41(26-54(50,51)38(2,3)4,53-37(49)39(23-24-39)44-34(46)20-15-29-11-7-5-8-12-29)40(32-18-19-32,52-36(48)31-16-17-31)22-21-30-13-9-6-10-14-30/h5,7-8,11-12,25,27-28,30-32H,6,9-10,13-24,26H2,1-4H3,(H,42,43)(H,44,46)(H,45,47)/t28?,40-,41+/m0/s1. The predicted molar refractivity (Wildman–Crippen MR) is 202 cm³/mol. The third kappa shape index (κ3) is 9.03. The maximum Gasteiger partial charge on any atom is 0.334 e. The monoisotopic (exact) mass is 766 g/mol. The Bertz CT molecular complexity index is 1760. The molecule has 3 N–H and O–H groups in total. The van der Waals surface area contributed by atoms with E-state index in [9.17, 15) is 27.6 Å². The van der Waals surface area contributed by atoms with Crippen LogP contribution in [-0.2, 0) is 44.9 Å². The number of hydrogen-bond donors (Lipinski definition) is 3. The largest absolute Gasteiger partial charge is 0.452 e. The molecule has 3 atom stereocenters. The van der Waals surface area contributed by atoms with Crippen molar-refractivity contribution in [3.05, 3.63) is 54.1 Å². The van der Waals surface area contributed by atoms with Crippen LogP contribution >= 0.6 is 0 Å². The van der Waals surface area contributed by atoms with Crippen LogP contribution in [0.3, 0.4) is 0 Å². The Morgan fingerprint density at radius 1 is 0.963 bits per heavy atom. The lowest BCUT2D eigenvalue weighted by molar-refractivity contribution is -0.229. The van der Waals surface area contributed by atoms with Gasteiger partial charge in [-0.3, -0.25) is 14.4 Å². The third-order valence-corrected chi connectivity index (χ3v) is 14.7. The van der Waals surface area contributed by atoms with Crippen molar-refractivity contribution in [2.24, 2.45) is 17.8 Å². The van der Waals surface area contributed by atoms with E-state index in [2.05, 4.69) is 20.6 Å². The van der Waals surface area contributed by atoms with E-state index in [1.54, 1.807) is 27.7 Å². The molecule has 12 nitrogen and oxygen atoms in total. The molecule has 1 unspecified atom stereocenters. The van der Waals surface area contributed by atoms with Crippen LogP contribution in [0, 0.1) is 17.8 Å². The molecule has 2 amide bonds. The van der Waals surface area contributed by atoms with Gasteiger partial charge < -0.3 is 25.1 Å². The lowest BCUT2D eigenvalue weighted by atomic mass is 9.76. The minimum atomic E-state index is -4.18. The van der Waals surface area contributed by atoms with Gasteiger partial charge in [0.25, 0.3) is 0 Å². The van der Waals surface area contributed by atoms with Gasteiger partial charge in [0, 0.05) is 24.2 Å². The number of rotatable bonds is 18. The average molecular weight is 767 g/mol. The van der Waals surface area contributed by atoms with Crippen molar-refractivity contribution in [2.75, 3.05) is 5.75 Å². The quantitative estimate of drug-likeness (QED) is 0.125. The number of carbonyl (C=O) groups is 4. The summed E-state index contributed by atoms with van der Waals surface area (Å²) in [6, 6.07) is 9.56. The van der Waals surface area contributed by atoms with Gasteiger partial charge in [-0.05, 0) is 97.0 Å². The number of amides is 2. The highest BCUT2D eigenvalue weighted by atomic mass is 32.2. The highest BCUT2D eigenvalue weighted by Crippen LogP contribution is 2.54. The molecule has 1 aromatic heterocycles. The fourth-order valence-electron chi connectivity index (χ4n) is 7.81. The summed E-state index contributed by atoms with van der Waals surface area (Å²) in [7, 11) is -4.18. The Labute approximate surface area is 319 Å². The number of sulfone groups is 1. The van der Waals surface area contributed by atoms with Crippen molar-refractivity contribution in [3.63, 3.8) is 0 Å². The predicted octanol–water partition coefficient (Wildman–Crippen LogP) is 5.83. The summed E-state index contributed by atoms with van der Waals surface area (Å²) >= 11 is 0. The van der Waals surface area contributed by atoms with Gasteiger partial charge in [0.05, 0.1) is 22.9 Å². The molecule has 2 aromatic rings. The zero-order valence-electron chi connectivity index (χ0n) is 32.3. The highest BCUT2D eigenvalue weighted by molar-refractivity contribution is 7.92. The Balaban J connectivity index is 1.43. The number of H-pyrrole nitrogens is 1. The molecular weight excluding hydrogens is 709 g/mol. The maximum absolute atomic E-state index is 14.8. The fourth-order valence-corrected chi connectivity index (χ4v) is 9.16. The maximum atomic E-state index is 14.8. The van der Waals surface area contributed by atoms with Crippen LogP contribution < -0.4 is 10.6 Å². The second kappa shape index (κ2) is 15.8. The zero-order valence-corrected chi connectivity index (χ0v) is 33.1. The van der Waals surface area contributed by atoms with Crippen LogP contribution in [0.1, 0.15) is 135 Å². The van der Waals surface area contributed by atoms with E-state index in [0.29, 0.717) is 50.1 Å². The van der Waals surface area contributed by atoms with Gasteiger partial charge in [0.1, 0.15) is 11.3 Å². The first-order valence-electron chi connectivity index (χ1n) is 19.9. The van der Waals surface area contributed by atoms with E-state index >= 15 is 0 Å². The molecule has 4 aliphatic rings. The number of ether oxygens (including phenoxy) is 2. The number of carbonyl (C=O) groups excluding carboxylic acids is 4. The summed E-state index contributed by atoms with van der Waals surface area (Å²) in [5.41, 5.74) is -3.96. The third-order valence-electron chi connectivity index (χ3n) is 12.1. The molecule has 6 rings (SSSR count). The molecule has 0 saturated heterocycles. The number of esters is 2. The summed E-state index contributed by atoms with van der Waals surface area (Å²) in [5.74, 6) is -4.35. The number of aromatic nitrogens is 2. The van der Waals surface area contributed by atoms with E-state index in [0.717, 1.165) is 37.7 Å². The number of benzene rings is 1. The molecule has 296 valence electrons. The summed E-state index contributed by atoms with van der Waals surface area (Å²) in [6.07, 6.45) is 12.7. The highest BCUT2D eigenvalue weighted by Gasteiger charge is 2.69.